The number of anilines is 1. The maximum Gasteiger partial charge on any atom is 0.264 e. The highest BCUT2D eigenvalue weighted by Gasteiger charge is 2.28. The van der Waals surface area contributed by atoms with Crippen molar-refractivity contribution in [1.29, 1.82) is 0 Å². The Labute approximate surface area is 215 Å². The average Bonchev–Trinajstić information content (AvgIpc) is 2.81. The molecular formula is C29H36N2O4S. The molecule has 7 heteroatoms. The number of hydrogen-bond donors (Lipinski definition) is 1. The summed E-state index contributed by atoms with van der Waals surface area (Å²) in [4.78, 5) is 13.4. The number of amides is 1. The molecule has 36 heavy (non-hydrogen) atoms. The van der Waals surface area contributed by atoms with Gasteiger partial charge in [-0.1, -0.05) is 38.1 Å². The lowest BCUT2D eigenvalue weighted by Gasteiger charge is -2.26. The molecule has 0 aromatic heterocycles. The minimum absolute atomic E-state index is 0.137. The van der Waals surface area contributed by atoms with E-state index in [9.17, 15) is 13.2 Å². The lowest BCUT2D eigenvalue weighted by Crippen LogP contribution is -2.41. The molecule has 1 amide bonds. The van der Waals surface area contributed by atoms with E-state index >= 15 is 0 Å². The van der Waals surface area contributed by atoms with Crippen molar-refractivity contribution in [2.45, 2.75) is 58.4 Å². The third-order valence-electron chi connectivity index (χ3n) is 6.20. The number of methoxy groups -OCH3 is 1. The van der Waals surface area contributed by atoms with Crippen molar-refractivity contribution in [3.05, 3.63) is 88.5 Å². The van der Waals surface area contributed by atoms with Crippen molar-refractivity contribution in [2.24, 2.45) is 0 Å². The standard InChI is InChI=1S/C29H36N2O4S/c1-19(2)26-17-27(22(5)16-28(26)35-7)23(6)30-29(32)18-31(24-14-20(3)13-21(4)15-24)36(33,34)25-11-9-8-10-12-25/h8-17,19,23H,18H2,1-7H3,(H,30,32)/t23-/m0/s1. The maximum absolute atomic E-state index is 13.6. The highest BCUT2D eigenvalue weighted by Crippen LogP contribution is 2.32. The quantitative estimate of drug-likeness (QED) is 0.395. The van der Waals surface area contributed by atoms with Gasteiger partial charge in [0.2, 0.25) is 5.91 Å². The van der Waals surface area contributed by atoms with Gasteiger partial charge in [0, 0.05) is 0 Å². The number of nitrogens with zero attached hydrogens (tertiary/aromatic N) is 1. The third kappa shape index (κ3) is 6.08. The molecule has 0 unspecified atom stereocenters. The fraction of sp³-hybridized carbons (Fsp3) is 0.345. The van der Waals surface area contributed by atoms with Crippen molar-refractivity contribution >= 4 is 21.6 Å². The summed E-state index contributed by atoms with van der Waals surface area (Å²) in [5.41, 5.74) is 5.32. The van der Waals surface area contributed by atoms with Crippen molar-refractivity contribution in [2.75, 3.05) is 18.0 Å². The normalized spacial score (nSPS) is 12.3. The van der Waals surface area contributed by atoms with Gasteiger partial charge in [-0.3, -0.25) is 9.10 Å². The number of aryl methyl sites for hydroxylation is 3. The molecule has 3 aromatic carbocycles. The zero-order chi connectivity index (χ0) is 26.6. The fourth-order valence-electron chi connectivity index (χ4n) is 4.43. The maximum atomic E-state index is 13.6. The number of sulfonamides is 1. The van der Waals surface area contributed by atoms with Gasteiger partial charge < -0.3 is 10.1 Å². The van der Waals surface area contributed by atoms with E-state index in [-0.39, 0.29) is 29.3 Å². The van der Waals surface area contributed by atoms with Crippen LogP contribution in [0.3, 0.4) is 0 Å². The molecule has 192 valence electrons. The molecule has 0 bridgehead atoms. The van der Waals surface area contributed by atoms with Crippen LogP contribution in [0.4, 0.5) is 5.69 Å². The Hall–Kier alpha value is -3.32. The van der Waals surface area contributed by atoms with Gasteiger partial charge in [-0.25, -0.2) is 8.42 Å². The van der Waals surface area contributed by atoms with Gasteiger partial charge in [-0.05, 0) is 97.8 Å². The monoisotopic (exact) mass is 508 g/mol. The van der Waals surface area contributed by atoms with Crippen LogP contribution in [0.25, 0.3) is 0 Å². The summed E-state index contributed by atoms with van der Waals surface area (Å²) in [6, 6.07) is 17.5. The molecule has 0 radical (unpaired) electrons. The van der Waals surface area contributed by atoms with Crippen LogP contribution in [0.1, 0.15) is 60.5 Å². The highest BCUT2D eigenvalue weighted by atomic mass is 32.2. The Morgan fingerprint density at radius 1 is 0.917 bits per heavy atom. The predicted octanol–water partition coefficient (Wildman–Crippen LogP) is 5.82. The molecule has 3 rings (SSSR count). The molecule has 0 spiro atoms. The number of carbonyl (C=O) groups excluding carboxylic acids is 1. The van der Waals surface area contributed by atoms with E-state index in [4.69, 9.17) is 4.74 Å². The second kappa shape index (κ2) is 11.2. The van der Waals surface area contributed by atoms with Crippen molar-refractivity contribution in [3.63, 3.8) is 0 Å². The average molecular weight is 509 g/mol. The molecule has 6 nitrogen and oxygen atoms in total. The molecule has 1 N–H and O–H groups in total. The second-order valence-electron chi connectivity index (χ2n) is 9.57. The van der Waals surface area contributed by atoms with E-state index in [1.807, 2.05) is 39.8 Å². The first-order valence-corrected chi connectivity index (χ1v) is 13.5. The van der Waals surface area contributed by atoms with Crippen LogP contribution in [-0.4, -0.2) is 28.0 Å². The molecule has 0 aliphatic heterocycles. The molecule has 0 heterocycles. The minimum Gasteiger partial charge on any atom is -0.496 e. The lowest BCUT2D eigenvalue weighted by molar-refractivity contribution is -0.120. The topological polar surface area (TPSA) is 75.7 Å². The summed E-state index contributed by atoms with van der Waals surface area (Å²) >= 11 is 0. The number of ether oxygens (including phenoxy) is 1. The van der Waals surface area contributed by atoms with E-state index < -0.39 is 10.0 Å². The van der Waals surface area contributed by atoms with E-state index in [1.54, 1.807) is 49.6 Å². The summed E-state index contributed by atoms with van der Waals surface area (Å²) in [6.07, 6.45) is 0. The van der Waals surface area contributed by atoms with Crippen LogP contribution in [0.2, 0.25) is 0 Å². The largest absolute Gasteiger partial charge is 0.496 e. The molecule has 0 saturated heterocycles. The molecular weight excluding hydrogens is 472 g/mol. The predicted molar refractivity (Wildman–Crippen MR) is 145 cm³/mol. The summed E-state index contributed by atoms with van der Waals surface area (Å²) in [6.45, 7) is 11.6. The number of nitrogens with one attached hydrogen (secondary N) is 1. The molecule has 1 atom stereocenters. The van der Waals surface area contributed by atoms with Gasteiger partial charge in [0.1, 0.15) is 12.3 Å². The van der Waals surface area contributed by atoms with Gasteiger partial charge >= 0.3 is 0 Å². The van der Waals surface area contributed by atoms with E-state index in [0.717, 1.165) is 33.6 Å². The van der Waals surface area contributed by atoms with Crippen molar-refractivity contribution < 1.29 is 17.9 Å². The minimum atomic E-state index is -3.96. The van der Waals surface area contributed by atoms with Crippen molar-refractivity contribution in [3.8, 4) is 5.75 Å². The highest BCUT2D eigenvalue weighted by molar-refractivity contribution is 7.92. The Balaban J connectivity index is 1.94. The fourth-order valence-corrected chi connectivity index (χ4v) is 5.86. The van der Waals surface area contributed by atoms with Gasteiger partial charge in [0.05, 0.1) is 23.7 Å². The molecule has 0 saturated carbocycles. The van der Waals surface area contributed by atoms with Crippen LogP contribution in [0, 0.1) is 20.8 Å². The SMILES string of the molecule is COc1cc(C)c([C@H](C)NC(=O)CN(c2cc(C)cc(C)c2)S(=O)(=O)c2ccccc2)cc1C(C)C. The summed E-state index contributed by atoms with van der Waals surface area (Å²) in [5.74, 6) is 0.681. The number of carbonyl (C=O) groups is 1. The van der Waals surface area contributed by atoms with E-state index in [1.165, 1.54) is 4.31 Å². The zero-order valence-electron chi connectivity index (χ0n) is 22.1. The van der Waals surface area contributed by atoms with E-state index in [0.29, 0.717) is 5.69 Å². The van der Waals surface area contributed by atoms with Crippen LogP contribution in [0.5, 0.6) is 5.75 Å². The van der Waals surface area contributed by atoms with Crippen LogP contribution >= 0.6 is 0 Å². The van der Waals surface area contributed by atoms with Gasteiger partial charge in [0.15, 0.2) is 0 Å². The first-order valence-electron chi connectivity index (χ1n) is 12.1. The van der Waals surface area contributed by atoms with Gasteiger partial charge in [-0.15, -0.1) is 0 Å². The molecule has 3 aromatic rings. The number of hydrogen-bond acceptors (Lipinski definition) is 4. The Morgan fingerprint density at radius 2 is 1.53 bits per heavy atom. The number of benzene rings is 3. The second-order valence-corrected chi connectivity index (χ2v) is 11.4. The zero-order valence-corrected chi connectivity index (χ0v) is 22.9. The van der Waals surface area contributed by atoms with Crippen molar-refractivity contribution in [1.82, 2.24) is 5.32 Å². The third-order valence-corrected chi connectivity index (χ3v) is 7.99. The molecule has 0 aliphatic rings. The van der Waals surface area contributed by atoms with Gasteiger partial charge in [-0.2, -0.15) is 0 Å². The van der Waals surface area contributed by atoms with Crippen LogP contribution < -0.4 is 14.4 Å². The van der Waals surface area contributed by atoms with Gasteiger partial charge in [0.25, 0.3) is 10.0 Å². The summed E-state index contributed by atoms with van der Waals surface area (Å²) in [7, 11) is -2.31. The van der Waals surface area contributed by atoms with Crippen LogP contribution in [-0.2, 0) is 14.8 Å². The first-order chi connectivity index (χ1) is 16.9. The Morgan fingerprint density at radius 3 is 2.08 bits per heavy atom. The summed E-state index contributed by atoms with van der Waals surface area (Å²) < 4.78 is 34.0. The first kappa shape index (κ1) is 27.3. The number of rotatable bonds is 9. The van der Waals surface area contributed by atoms with Crippen LogP contribution in [0.15, 0.2) is 65.6 Å². The Bertz CT molecular complexity index is 1310. The molecule has 0 aliphatic carbocycles. The lowest BCUT2D eigenvalue weighted by atomic mass is 9.93. The smallest absolute Gasteiger partial charge is 0.264 e. The van der Waals surface area contributed by atoms with E-state index in [2.05, 4.69) is 25.2 Å². The Kier molecular flexibility index (Phi) is 8.46. The molecule has 0 fully saturated rings. The summed E-state index contributed by atoms with van der Waals surface area (Å²) in [5, 5.41) is 3.01.